The molecule has 0 unspecified atom stereocenters. The first-order valence-corrected chi connectivity index (χ1v) is 3.46. The molecule has 0 saturated heterocycles. The van der Waals surface area contributed by atoms with Crippen LogP contribution in [-0.4, -0.2) is 32.4 Å². The number of aromatic hydroxyl groups is 2. The van der Waals surface area contributed by atoms with Crippen molar-refractivity contribution in [2.45, 2.75) is 0 Å². The Hall–Kier alpha value is -1.75. The summed E-state index contributed by atoms with van der Waals surface area (Å²) in [5.41, 5.74) is -1.10. The van der Waals surface area contributed by atoms with E-state index in [2.05, 4.69) is 0 Å². The second kappa shape index (κ2) is 4.66. The smallest absolute Gasteiger partial charge is 0.339 e. The van der Waals surface area contributed by atoms with Crippen LogP contribution in [0.2, 0.25) is 0 Å². The van der Waals surface area contributed by atoms with E-state index in [0.717, 1.165) is 12.1 Å². The number of carboxylic acids is 2. The van der Waals surface area contributed by atoms with E-state index in [0.29, 0.717) is 0 Å². The van der Waals surface area contributed by atoms with Gasteiger partial charge in [0.25, 0.3) is 0 Å². The van der Waals surface area contributed by atoms with E-state index in [1.54, 1.807) is 0 Å². The predicted octanol–water partition coefficient (Wildman–Crippen LogP) is 0.492. The first-order chi connectivity index (χ1) is 6.45. The van der Waals surface area contributed by atoms with Crippen LogP contribution < -0.4 is 0 Å². The zero-order chi connectivity index (χ0) is 10.9. The molecule has 15 heavy (non-hydrogen) atoms. The Balaban J connectivity index is 0.00000196. The third-order valence-corrected chi connectivity index (χ3v) is 1.61. The Morgan fingerprint density at radius 1 is 0.867 bits per heavy atom. The normalized spacial score (nSPS) is 9.07. The molecule has 0 aliphatic carbocycles. The van der Waals surface area contributed by atoms with Crippen molar-refractivity contribution in [3.05, 3.63) is 23.3 Å². The van der Waals surface area contributed by atoms with Crippen molar-refractivity contribution in [2.24, 2.45) is 0 Å². The van der Waals surface area contributed by atoms with Crippen LogP contribution >= 0.6 is 0 Å². The molecule has 0 amide bonds. The van der Waals surface area contributed by atoms with Gasteiger partial charge in [-0.2, -0.15) is 0 Å². The molecule has 6 nitrogen and oxygen atoms in total. The van der Waals surface area contributed by atoms with Crippen molar-refractivity contribution in [1.82, 2.24) is 0 Å². The first kappa shape index (κ1) is 13.3. The van der Waals surface area contributed by atoms with Gasteiger partial charge in [-0.05, 0) is 12.1 Å². The van der Waals surface area contributed by atoms with Crippen LogP contribution in [0.15, 0.2) is 12.1 Å². The minimum atomic E-state index is -1.45. The van der Waals surface area contributed by atoms with Crippen LogP contribution in [0.25, 0.3) is 0 Å². The van der Waals surface area contributed by atoms with Crippen molar-refractivity contribution in [3.63, 3.8) is 0 Å². The van der Waals surface area contributed by atoms with Gasteiger partial charge < -0.3 is 20.4 Å². The number of aromatic carboxylic acids is 2. The molecule has 0 aromatic heterocycles. The molecule has 0 heterocycles. The minimum Gasteiger partial charge on any atom is -0.504 e. The van der Waals surface area contributed by atoms with Gasteiger partial charge in [0.1, 0.15) is 11.1 Å². The summed E-state index contributed by atoms with van der Waals surface area (Å²) in [6.45, 7) is 0. The molecular weight excluding hydrogens is 197 g/mol. The molecule has 4 N–H and O–H groups in total. The maximum absolute atomic E-state index is 10.4. The number of benzene rings is 1. The predicted molar refractivity (Wildman–Crippen MR) is 43.7 cm³/mol. The zero-order valence-electron chi connectivity index (χ0n) is 7.08. The van der Waals surface area contributed by atoms with Gasteiger partial charge in [0, 0.05) is 16.5 Å². The SMILES string of the molecule is O=C(O)c1ccc(C(=O)O)c(O)c1O.[5Ni]. The topological polar surface area (TPSA) is 115 Å². The van der Waals surface area contributed by atoms with Gasteiger partial charge in [0.2, 0.25) is 0 Å². The maximum Gasteiger partial charge on any atom is 0.339 e. The molecule has 0 saturated carbocycles. The number of phenols is 2. The molecule has 1 rings (SSSR count). The molecule has 0 atom stereocenters. The summed E-state index contributed by atoms with van der Waals surface area (Å²) in [6.07, 6.45) is 0. The van der Waals surface area contributed by atoms with Crippen molar-refractivity contribution in [3.8, 4) is 11.5 Å². The van der Waals surface area contributed by atoms with Crippen LogP contribution in [0.5, 0.6) is 11.5 Å². The molecule has 84 valence electrons. The number of hydrogen-bond donors (Lipinski definition) is 4. The summed E-state index contributed by atoms with van der Waals surface area (Å²) in [7, 11) is 0. The minimum absolute atomic E-state index is 0. The fourth-order valence-electron chi connectivity index (χ4n) is 0.925. The summed E-state index contributed by atoms with van der Waals surface area (Å²) in [5.74, 6) is -4.79. The van der Waals surface area contributed by atoms with Gasteiger partial charge in [-0.3, -0.25) is 0 Å². The Labute approximate surface area is 93.7 Å². The molecule has 0 radical (unpaired) electrons. The van der Waals surface area contributed by atoms with Crippen LogP contribution in [0.1, 0.15) is 20.7 Å². The molecule has 1 aromatic rings. The van der Waals surface area contributed by atoms with Crippen molar-refractivity contribution in [1.29, 1.82) is 0 Å². The summed E-state index contributed by atoms with van der Waals surface area (Å²) in [4.78, 5) is 20.9. The molecule has 7 heteroatoms. The number of rotatable bonds is 2. The largest absolute Gasteiger partial charge is 0.504 e. The van der Waals surface area contributed by atoms with Gasteiger partial charge >= 0.3 is 11.9 Å². The average Bonchev–Trinajstić information content (AvgIpc) is 2.08. The quantitative estimate of drug-likeness (QED) is 0.410. The Bertz CT molecular complexity index is 375. The molecule has 0 bridgehead atoms. The number of carboxylic acid groups (broad SMARTS) is 2. The van der Waals surface area contributed by atoms with E-state index >= 15 is 0 Å². The van der Waals surface area contributed by atoms with E-state index < -0.39 is 34.6 Å². The van der Waals surface area contributed by atoms with E-state index in [-0.39, 0.29) is 16.5 Å². The first-order valence-electron chi connectivity index (χ1n) is 3.46. The van der Waals surface area contributed by atoms with Crippen LogP contribution in [0.4, 0.5) is 0 Å². The summed E-state index contributed by atoms with van der Waals surface area (Å²) < 4.78 is 0. The number of carbonyl (C=O) groups is 2. The van der Waals surface area contributed by atoms with Gasteiger partial charge in [0.05, 0.1) is 0 Å². The van der Waals surface area contributed by atoms with Gasteiger partial charge in [-0.25, -0.2) is 9.59 Å². The van der Waals surface area contributed by atoms with Gasteiger partial charge in [0.15, 0.2) is 11.5 Å². The summed E-state index contributed by atoms with van der Waals surface area (Å²) in [6, 6.07) is 1.81. The fourth-order valence-corrected chi connectivity index (χ4v) is 0.925. The van der Waals surface area contributed by atoms with E-state index in [4.69, 9.17) is 20.4 Å². The average molecular weight is 203 g/mol. The van der Waals surface area contributed by atoms with Crippen LogP contribution in [0, 0.1) is 0 Å². The number of hydrogen-bond acceptors (Lipinski definition) is 4. The zero-order valence-corrected chi connectivity index (χ0v) is 8.06. The molecule has 0 aliphatic heterocycles. The Morgan fingerprint density at radius 3 is 1.33 bits per heavy atom. The Morgan fingerprint density at radius 2 is 1.13 bits per heavy atom. The Kier molecular flexibility index (Phi) is 4.12. The van der Waals surface area contributed by atoms with Gasteiger partial charge in [-0.1, -0.05) is 0 Å². The molecule has 0 spiro atoms. The van der Waals surface area contributed by atoms with E-state index in [1.807, 2.05) is 0 Å². The van der Waals surface area contributed by atoms with Crippen molar-refractivity contribution >= 4 is 11.9 Å². The standard InChI is InChI=1S/C8H6O6.Ni/c9-5-3(7(11)12)1-2-4(6(5)10)8(13)14;/h1-2,9-10H,(H,11,12)(H,13,14);/i;1-54. The molecule has 1 aromatic carbocycles. The van der Waals surface area contributed by atoms with Gasteiger partial charge in [-0.15, -0.1) is 0 Å². The second-order valence-electron chi connectivity index (χ2n) is 2.47. The third-order valence-electron chi connectivity index (χ3n) is 1.61. The van der Waals surface area contributed by atoms with Crippen LogP contribution in [-0.2, 0) is 16.5 Å². The van der Waals surface area contributed by atoms with E-state index in [9.17, 15) is 9.59 Å². The van der Waals surface area contributed by atoms with E-state index in [1.165, 1.54) is 0 Å². The fraction of sp³-hybridized carbons (Fsp3) is 0. The second-order valence-corrected chi connectivity index (χ2v) is 2.47. The molecule has 0 aliphatic rings. The summed E-state index contributed by atoms with van der Waals surface area (Å²) >= 11 is 0. The molecule has 0 fully saturated rings. The monoisotopic (exact) mass is 203 g/mol. The molecular formula is C8H6NiO6. The van der Waals surface area contributed by atoms with Crippen molar-refractivity contribution < 1.29 is 46.5 Å². The van der Waals surface area contributed by atoms with Crippen LogP contribution in [0.3, 0.4) is 0 Å². The maximum atomic E-state index is 10.4. The third kappa shape index (κ3) is 2.38. The van der Waals surface area contributed by atoms with Crippen molar-refractivity contribution in [2.75, 3.05) is 0 Å². The summed E-state index contributed by atoms with van der Waals surface area (Å²) in [5, 5.41) is 35.2.